The third kappa shape index (κ3) is 3.46. The molecular formula is C11H16INO. The molecule has 3 heteroatoms. The number of rotatable bonds is 5. The first kappa shape index (κ1) is 11.8. The van der Waals surface area contributed by atoms with Gasteiger partial charge in [0.1, 0.15) is 0 Å². The molecule has 0 aliphatic carbocycles. The Morgan fingerprint density at radius 3 is 2.64 bits per heavy atom. The number of hydrogen-bond donors (Lipinski definition) is 1. The van der Waals surface area contributed by atoms with Crippen molar-refractivity contribution < 1.29 is 5.11 Å². The van der Waals surface area contributed by atoms with Crippen LogP contribution >= 0.6 is 22.6 Å². The lowest BCUT2D eigenvalue weighted by Crippen LogP contribution is -2.19. The molecule has 1 aromatic rings. The Bertz CT molecular complexity index is 278. The van der Waals surface area contributed by atoms with Crippen LogP contribution in [0, 0.1) is 3.57 Å². The van der Waals surface area contributed by atoms with E-state index in [1.807, 2.05) is 6.07 Å². The summed E-state index contributed by atoms with van der Waals surface area (Å²) in [6.07, 6.45) is 1.92. The molecule has 0 spiro atoms. The maximum Gasteiger partial charge on any atom is 0.0499 e. The summed E-state index contributed by atoms with van der Waals surface area (Å²) < 4.78 is 1.27. The maximum atomic E-state index is 8.68. The number of aliphatic hydroxyl groups is 1. The van der Waals surface area contributed by atoms with Crippen molar-refractivity contribution in [3.63, 3.8) is 0 Å². The molecule has 1 aromatic carbocycles. The molecule has 1 rings (SSSR count). The Balaban J connectivity index is 2.51. The van der Waals surface area contributed by atoms with Crippen LogP contribution in [-0.2, 0) is 0 Å². The molecule has 0 unspecified atom stereocenters. The van der Waals surface area contributed by atoms with Gasteiger partial charge < -0.3 is 10.0 Å². The molecule has 0 atom stereocenters. The van der Waals surface area contributed by atoms with Gasteiger partial charge in [-0.1, -0.05) is 12.1 Å². The second-order valence-corrected chi connectivity index (χ2v) is 4.47. The van der Waals surface area contributed by atoms with Gasteiger partial charge in [0.05, 0.1) is 0 Å². The molecule has 14 heavy (non-hydrogen) atoms. The molecule has 0 aliphatic rings. The van der Waals surface area contributed by atoms with E-state index in [4.69, 9.17) is 5.11 Å². The summed E-state index contributed by atoms with van der Waals surface area (Å²) in [5.74, 6) is 0. The molecular weight excluding hydrogens is 289 g/mol. The van der Waals surface area contributed by atoms with Gasteiger partial charge in [0.2, 0.25) is 0 Å². The normalized spacial score (nSPS) is 10.2. The van der Waals surface area contributed by atoms with Crippen LogP contribution in [0.3, 0.4) is 0 Å². The molecule has 0 saturated carbocycles. The van der Waals surface area contributed by atoms with E-state index in [9.17, 15) is 0 Å². The minimum Gasteiger partial charge on any atom is -0.396 e. The zero-order valence-electron chi connectivity index (χ0n) is 8.41. The maximum absolute atomic E-state index is 8.68. The van der Waals surface area contributed by atoms with Crippen molar-refractivity contribution in [2.75, 3.05) is 25.1 Å². The van der Waals surface area contributed by atoms with Gasteiger partial charge in [-0.05, 0) is 47.6 Å². The van der Waals surface area contributed by atoms with E-state index in [2.05, 4.69) is 52.7 Å². The van der Waals surface area contributed by atoms with Crippen molar-refractivity contribution in [1.82, 2.24) is 0 Å². The Morgan fingerprint density at radius 1 is 1.29 bits per heavy atom. The van der Waals surface area contributed by atoms with Crippen molar-refractivity contribution in [1.29, 1.82) is 0 Å². The molecule has 2 nitrogen and oxygen atoms in total. The van der Waals surface area contributed by atoms with Crippen molar-refractivity contribution in [3.05, 3.63) is 27.8 Å². The van der Waals surface area contributed by atoms with Gasteiger partial charge in [-0.2, -0.15) is 0 Å². The first-order chi connectivity index (χ1) is 6.75. The summed E-state index contributed by atoms with van der Waals surface area (Å²) in [5.41, 5.74) is 1.27. The first-order valence-corrected chi connectivity index (χ1v) is 5.90. The highest BCUT2D eigenvalue weighted by molar-refractivity contribution is 14.1. The summed E-state index contributed by atoms with van der Waals surface area (Å²) >= 11 is 2.35. The van der Waals surface area contributed by atoms with E-state index in [0.29, 0.717) is 6.61 Å². The quantitative estimate of drug-likeness (QED) is 0.667. The van der Waals surface area contributed by atoms with E-state index in [-0.39, 0.29) is 0 Å². The monoisotopic (exact) mass is 305 g/mol. The standard InChI is InChI=1S/C11H16INO/c1-13(8-4-5-9-14)11-7-3-2-6-10(11)12/h2-3,6-7,14H,4-5,8-9H2,1H3. The zero-order valence-corrected chi connectivity index (χ0v) is 10.6. The Labute approximate surface area is 99.1 Å². The molecule has 78 valence electrons. The summed E-state index contributed by atoms with van der Waals surface area (Å²) in [6.45, 7) is 1.29. The third-order valence-electron chi connectivity index (χ3n) is 2.17. The molecule has 0 aromatic heterocycles. The fourth-order valence-corrected chi connectivity index (χ4v) is 2.14. The van der Waals surface area contributed by atoms with Gasteiger partial charge >= 0.3 is 0 Å². The van der Waals surface area contributed by atoms with Crippen LogP contribution in [0.5, 0.6) is 0 Å². The smallest absolute Gasteiger partial charge is 0.0499 e. The molecule has 0 heterocycles. The minimum absolute atomic E-state index is 0.291. The van der Waals surface area contributed by atoms with Crippen LogP contribution in [0.2, 0.25) is 0 Å². The van der Waals surface area contributed by atoms with E-state index in [1.165, 1.54) is 9.26 Å². The van der Waals surface area contributed by atoms with Crippen LogP contribution < -0.4 is 4.90 Å². The number of para-hydroxylation sites is 1. The Morgan fingerprint density at radius 2 is 2.00 bits per heavy atom. The zero-order chi connectivity index (χ0) is 10.4. The molecule has 0 bridgehead atoms. The Kier molecular flexibility index (Phi) is 5.25. The molecule has 1 N–H and O–H groups in total. The summed E-state index contributed by atoms with van der Waals surface area (Å²) in [5, 5.41) is 8.68. The lowest BCUT2D eigenvalue weighted by Gasteiger charge is -2.20. The summed E-state index contributed by atoms with van der Waals surface area (Å²) in [4.78, 5) is 2.23. The highest BCUT2D eigenvalue weighted by atomic mass is 127. The lowest BCUT2D eigenvalue weighted by atomic mass is 10.2. The fourth-order valence-electron chi connectivity index (χ4n) is 1.34. The largest absolute Gasteiger partial charge is 0.396 e. The number of hydrogen-bond acceptors (Lipinski definition) is 2. The summed E-state index contributed by atoms with van der Waals surface area (Å²) in [7, 11) is 2.09. The van der Waals surface area contributed by atoms with Gasteiger partial charge in [0.15, 0.2) is 0 Å². The first-order valence-electron chi connectivity index (χ1n) is 4.82. The molecule has 0 saturated heterocycles. The fraction of sp³-hybridized carbons (Fsp3) is 0.455. The SMILES string of the molecule is CN(CCCCO)c1ccccc1I. The molecule has 0 amide bonds. The highest BCUT2D eigenvalue weighted by Gasteiger charge is 2.03. The number of nitrogens with zero attached hydrogens (tertiary/aromatic N) is 1. The van der Waals surface area contributed by atoms with Gasteiger partial charge in [-0.15, -0.1) is 0 Å². The van der Waals surface area contributed by atoms with Crippen LogP contribution in [-0.4, -0.2) is 25.3 Å². The number of benzene rings is 1. The van der Waals surface area contributed by atoms with Crippen molar-refractivity contribution in [2.24, 2.45) is 0 Å². The second-order valence-electron chi connectivity index (χ2n) is 3.30. The van der Waals surface area contributed by atoms with Gasteiger partial charge in [-0.25, -0.2) is 0 Å². The van der Waals surface area contributed by atoms with Gasteiger partial charge in [0, 0.05) is 29.5 Å². The van der Waals surface area contributed by atoms with Crippen LogP contribution in [0.4, 0.5) is 5.69 Å². The topological polar surface area (TPSA) is 23.5 Å². The van der Waals surface area contributed by atoms with Crippen molar-refractivity contribution in [3.8, 4) is 0 Å². The molecule has 0 radical (unpaired) electrons. The van der Waals surface area contributed by atoms with Gasteiger partial charge in [-0.3, -0.25) is 0 Å². The highest BCUT2D eigenvalue weighted by Crippen LogP contribution is 2.20. The van der Waals surface area contributed by atoms with Crippen molar-refractivity contribution in [2.45, 2.75) is 12.8 Å². The van der Waals surface area contributed by atoms with Crippen LogP contribution in [0.25, 0.3) is 0 Å². The summed E-state index contributed by atoms with van der Waals surface area (Å²) in [6, 6.07) is 8.34. The van der Waals surface area contributed by atoms with E-state index in [1.54, 1.807) is 0 Å². The molecule has 0 fully saturated rings. The number of anilines is 1. The van der Waals surface area contributed by atoms with Gasteiger partial charge in [0.25, 0.3) is 0 Å². The lowest BCUT2D eigenvalue weighted by molar-refractivity contribution is 0.285. The number of aliphatic hydroxyl groups excluding tert-OH is 1. The van der Waals surface area contributed by atoms with E-state index < -0.39 is 0 Å². The predicted molar refractivity (Wildman–Crippen MR) is 68.7 cm³/mol. The van der Waals surface area contributed by atoms with Crippen LogP contribution in [0.1, 0.15) is 12.8 Å². The predicted octanol–water partition coefficient (Wildman–Crippen LogP) is 2.50. The Hall–Kier alpha value is -0.290. The second kappa shape index (κ2) is 6.24. The van der Waals surface area contributed by atoms with Crippen LogP contribution in [0.15, 0.2) is 24.3 Å². The number of unbranched alkanes of at least 4 members (excludes halogenated alkanes) is 1. The number of halogens is 1. The minimum atomic E-state index is 0.291. The average molecular weight is 305 g/mol. The molecule has 0 aliphatic heterocycles. The van der Waals surface area contributed by atoms with E-state index in [0.717, 1.165) is 19.4 Å². The van der Waals surface area contributed by atoms with E-state index >= 15 is 0 Å². The third-order valence-corrected chi connectivity index (χ3v) is 3.08. The average Bonchev–Trinajstić information content (AvgIpc) is 2.18. The van der Waals surface area contributed by atoms with Crippen molar-refractivity contribution >= 4 is 28.3 Å².